The van der Waals surface area contributed by atoms with Crippen LogP contribution in [0.25, 0.3) is 28.3 Å². The van der Waals surface area contributed by atoms with Crippen molar-refractivity contribution in [2.45, 2.75) is 39.5 Å². The van der Waals surface area contributed by atoms with Gasteiger partial charge in [0.15, 0.2) is 0 Å². The van der Waals surface area contributed by atoms with Crippen LogP contribution in [-0.2, 0) is 9.53 Å². The van der Waals surface area contributed by atoms with Crippen LogP contribution in [0.15, 0.2) is 72.8 Å². The highest BCUT2D eigenvalue weighted by atomic mass is 16.5. The second kappa shape index (κ2) is 13.2. The maximum atomic E-state index is 11.6. The van der Waals surface area contributed by atoms with Crippen molar-refractivity contribution in [3.63, 3.8) is 0 Å². The molecule has 34 heavy (non-hydrogen) atoms. The van der Waals surface area contributed by atoms with E-state index >= 15 is 0 Å². The van der Waals surface area contributed by atoms with Crippen LogP contribution in [0.3, 0.4) is 0 Å². The van der Waals surface area contributed by atoms with Crippen LogP contribution in [0.5, 0.6) is 11.5 Å². The molecule has 0 amide bonds. The molecule has 3 aromatic rings. The molecule has 0 spiro atoms. The third-order valence-corrected chi connectivity index (χ3v) is 5.48. The molecule has 0 bridgehead atoms. The third kappa shape index (κ3) is 7.51. The molecule has 3 aromatic carbocycles. The van der Waals surface area contributed by atoms with E-state index in [-0.39, 0.29) is 5.97 Å². The van der Waals surface area contributed by atoms with Crippen molar-refractivity contribution in [2.75, 3.05) is 20.3 Å². The fourth-order valence-corrected chi connectivity index (χ4v) is 3.47. The minimum absolute atomic E-state index is 0.380. The first-order valence-corrected chi connectivity index (χ1v) is 12.0. The van der Waals surface area contributed by atoms with E-state index in [2.05, 4.69) is 56.3 Å². The predicted molar refractivity (Wildman–Crippen MR) is 139 cm³/mol. The maximum Gasteiger partial charge on any atom is 0.330 e. The van der Waals surface area contributed by atoms with Crippen LogP contribution in [0, 0.1) is 0 Å². The molecule has 0 heterocycles. The Balaban J connectivity index is 1.89. The van der Waals surface area contributed by atoms with Crippen molar-refractivity contribution in [2.24, 2.45) is 0 Å². The Bertz CT molecular complexity index is 994. The van der Waals surface area contributed by atoms with Gasteiger partial charge >= 0.3 is 5.97 Å². The number of hydrogen-bond donors (Lipinski definition) is 0. The van der Waals surface area contributed by atoms with E-state index in [4.69, 9.17) is 14.2 Å². The van der Waals surface area contributed by atoms with Gasteiger partial charge in [-0.05, 0) is 89.2 Å². The minimum atomic E-state index is -0.380. The van der Waals surface area contributed by atoms with E-state index in [9.17, 15) is 4.79 Å². The summed E-state index contributed by atoms with van der Waals surface area (Å²) in [4.78, 5) is 11.6. The van der Waals surface area contributed by atoms with Gasteiger partial charge < -0.3 is 14.2 Å². The van der Waals surface area contributed by atoms with Gasteiger partial charge in [0.05, 0.1) is 20.3 Å². The highest BCUT2D eigenvalue weighted by Crippen LogP contribution is 2.31. The largest absolute Gasteiger partial charge is 0.494 e. The van der Waals surface area contributed by atoms with E-state index in [0.29, 0.717) is 0 Å². The second-order valence-corrected chi connectivity index (χ2v) is 8.15. The summed E-state index contributed by atoms with van der Waals surface area (Å²) >= 11 is 0. The first kappa shape index (κ1) is 25.1. The first-order valence-electron chi connectivity index (χ1n) is 12.0. The van der Waals surface area contributed by atoms with Crippen LogP contribution in [0.1, 0.15) is 45.1 Å². The molecule has 0 radical (unpaired) electrons. The smallest absolute Gasteiger partial charge is 0.330 e. The molecule has 0 aromatic heterocycles. The quantitative estimate of drug-likeness (QED) is 0.160. The number of esters is 1. The lowest BCUT2D eigenvalue weighted by molar-refractivity contribution is -0.134. The highest BCUT2D eigenvalue weighted by Gasteiger charge is 2.07. The Morgan fingerprint density at radius 2 is 1.18 bits per heavy atom. The summed E-state index contributed by atoms with van der Waals surface area (Å²) in [6.45, 7) is 5.76. The van der Waals surface area contributed by atoms with Crippen LogP contribution in [0.2, 0.25) is 0 Å². The average molecular weight is 459 g/mol. The maximum absolute atomic E-state index is 11.6. The Labute approximate surface area is 203 Å². The summed E-state index contributed by atoms with van der Waals surface area (Å²) < 4.78 is 16.4. The number of benzene rings is 3. The van der Waals surface area contributed by atoms with Gasteiger partial charge in [-0.3, -0.25) is 0 Å². The van der Waals surface area contributed by atoms with Gasteiger partial charge in [-0.2, -0.15) is 0 Å². The summed E-state index contributed by atoms with van der Waals surface area (Å²) in [5, 5.41) is 0. The number of unbranched alkanes of at least 4 members (excludes halogenated alkanes) is 2. The number of rotatable bonds is 12. The van der Waals surface area contributed by atoms with Crippen molar-refractivity contribution in [3.8, 4) is 33.8 Å². The molecule has 0 aliphatic carbocycles. The van der Waals surface area contributed by atoms with Crippen LogP contribution < -0.4 is 9.47 Å². The van der Waals surface area contributed by atoms with Gasteiger partial charge in [-0.15, -0.1) is 0 Å². The van der Waals surface area contributed by atoms with Crippen molar-refractivity contribution in [1.82, 2.24) is 0 Å². The third-order valence-electron chi connectivity index (χ3n) is 5.48. The van der Waals surface area contributed by atoms with Crippen molar-refractivity contribution in [1.29, 1.82) is 0 Å². The second-order valence-electron chi connectivity index (χ2n) is 8.15. The zero-order chi connectivity index (χ0) is 24.2. The average Bonchev–Trinajstić information content (AvgIpc) is 2.88. The van der Waals surface area contributed by atoms with Crippen LogP contribution in [0.4, 0.5) is 0 Å². The van der Waals surface area contributed by atoms with Crippen molar-refractivity contribution >= 4 is 12.0 Å². The molecular weight excluding hydrogens is 424 g/mol. The fraction of sp³-hybridized carbons (Fsp3) is 0.300. The van der Waals surface area contributed by atoms with Crippen molar-refractivity contribution < 1.29 is 19.0 Å². The lowest BCUT2D eigenvalue weighted by Crippen LogP contribution is -1.96. The molecule has 0 fully saturated rings. The van der Waals surface area contributed by atoms with E-state index in [1.165, 1.54) is 13.2 Å². The van der Waals surface area contributed by atoms with E-state index in [1.54, 1.807) is 6.08 Å². The molecule has 4 heteroatoms. The lowest BCUT2D eigenvalue weighted by Gasteiger charge is -2.11. The number of ether oxygens (including phenoxy) is 3. The van der Waals surface area contributed by atoms with Gasteiger partial charge in [-0.1, -0.05) is 51.0 Å². The molecule has 0 aliphatic heterocycles. The fourth-order valence-electron chi connectivity index (χ4n) is 3.47. The lowest BCUT2D eigenvalue weighted by atomic mass is 9.96. The standard InChI is InChI=1S/C30H34O4/c1-4-6-18-33-28-13-9-24(10-14-28)26-20-23(8-17-30(31)32-3)21-27(22-26)25-11-15-29(16-12-25)34-19-7-5-2/h8-17,20-22H,4-7,18-19H2,1-3H3/b17-8+. The molecule has 3 rings (SSSR count). The number of methoxy groups -OCH3 is 1. The van der Waals surface area contributed by atoms with E-state index < -0.39 is 0 Å². The molecular formula is C30H34O4. The molecule has 0 N–H and O–H groups in total. The van der Waals surface area contributed by atoms with E-state index in [1.807, 2.05) is 24.3 Å². The number of carbonyl (C=O) groups excluding carboxylic acids is 1. The highest BCUT2D eigenvalue weighted by molar-refractivity contribution is 5.88. The summed E-state index contributed by atoms with van der Waals surface area (Å²) in [6, 6.07) is 22.6. The van der Waals surface area contributed by atoms with Gasteiger partial charge in [0.1, 0.15) is 11.5 Å². The zero-order valence-corrected chi connectivity index (χ0v) is 20.4. The topological polar surface area (TPSA) is 44.8 Å². The van der Waals surface area contributed by atoms with Gasteiger partial charge in [0.25, 0.3) is 0 Å². The molecule has 0 saturated carbocycles. The van der Waals surface area contributed by atoms with Crippen LogP contribution >= 0.6 is 0 Å². The minimum Gasteiger partial charge on any atom is -0.494 e. The van der Waals surface area contributed by atoms with E-state index in [0.717, 1.165) is 78.2 Å². The monoisotopic (exact) mass is 458 g/mol. The molecule has 0 aliphatic rings. The Morgan fingerprint density at radius 3 is 1.59 bits per heavy atom. The summed E-state index contributed by atoms with van der Waals surface area (Å²) in [6.07, 6.45) is 7.53. The summed E-state index contributed by atoms with van der Waals surface area (Å²) in [5.41, 5.74) is 5.20. The SMILES string of the molecule is CCCCOc1ccc(-c2cc(/C=C/C(=O)OC)cc(-c3ccc(OCCCC)cc3)c2)cc1. The number of hydrogen-bond acceptors (Lipinski definition) is 4. The van der Waals surface area contributed by atoms with Gasteiger partial charge in [-0.25, -0.2) is 4.79 Å². The molecule has 0 unspecified atom stereocenters. The van der Waals surface area contributed by atoms with Crippen molar-refractivity contribution in [3.05, 3.63) is 78.4 Å². The molecule has 178 valence electrons. The molecule has 4 nitrogen and oxygen atoms in total. The van der Waals surface area contributed by atoms with Gasteiger partial charge in [0, 0.05) is 6.08 Å². The Morgan fingerprint density at radius 1 is 0.706 bits per heavy atom. The summed E-state index contributed by atoms with van der Waals surface area (Å²) in [7, 11) is 1.38. The molecule has 0 saturated heterocycles. The van der Waals surface area contributed by atoms with Gasteiger partial charge in [0.2, 0.25) is 0 Å². The number of carbonyl (C=O) groups is 1. The zero-order valence-electron chi connectivity index (χ0n) is 20.4. The Hall–Kier alpha value is -3.53. The first-order chi connectivity index (χ1) is 16.6. The normalized spacial score (nSPS) is 10.9. The Kier molecular flexibility index (Phi) is 9.78. The summed E-state index contributed by atoms with van der Waals surface area (Å²) in [5.74, 6) is 1.37. The van der Waals surface area contributed by atoms with Crippen LogP contribution in [-0.4, -0.2) is 26.3 Å². The molecule has 0 atom stereocenters. The predicted octanol–water partition coefficient (Wildman–Crippen LogP) is 7.56.